The van der Waals surface area contributed by atoms with E-state index in [1.54, 1.807) is 13.2 Å². The van der Waals surface area contributed by atoms with Crippen molar-refractivity contribution in [3.63, 3.8) is 0 Å². The van der Waals surface area contributed by atoms with E-state index < -0.39 is 5.60 Å². The number of rotatable bonds is 5. The number of hydrogen-bond acceptors (Lipinski definition) is 4. The Balaban J connectivity index is 2.35. The molecule has 0 saturated heterocycles. The molecular weight excluding hydrogens is 266 g/mol. The van der Waals surface area contributed by atoms with Gasteiger partial charge in [0, 0.05) is 18.9 Å². The fourth-order valence-electron chi connectivity index (χ4n) is 3.01. The van der Waals surface area contributed by atoms with Gasteiger partial charge in [-0.15, -0.1) is 0 Å². The predicted octanol–water partition coefficient (Wildman–Crippen LogP) is 2.70. The molecule has 0 spiro atoms. The average Bonchev–Trinajstić information content (AvgIpc) is 2.44. The molecule has 0 fully saturated rings. The Bertz CT molecular complexity index is 495. The second kappa shape index (κ2) is 6.50. The molecule has 1 aliphatic rings. The van der Waals surface area contributed by atoms with Gasteiger partial charge in [0.2, 0.25) is 0 Å². The van der Waals surface area contributed by atoms with Gasteiger partial charge < -0.3 is 19.8 Å². The molecule has 116 valence electrons. The smallest absolute Gasteiger partial charge is 0.118 e. The van der Waals surface area contributed by atoms with Crippen molar-refractivity contribution in [3.8, 4) is 5.75 Å². The van der Waals surface area contributed by atoms with Crippen LogP contribution < -0.4 is 4.74 Å². The number of allylic oxidation sites excluding steroid dienone is 1. The summed E-state index contributed by atoms with van der Waals surface area (Å²) in [5.41, 5.74) is 0.0548. The molecule has 4 nitrogen and oxygen atoms in total. The molecule has 0 heterocycles. The van der Waals surface area contributed by atoms with Crippen LogP contribution in [0.25, 0.3) is 0 Å². The lowest BCUT2D eigenvalue weighted by Crippen LogP contribution is -2.41. The van der Waals surface area contributed by atoms with Crippen LogP contribution in [0.1, 0.15) is 30.7 Å². The van der Waals surface area contributed by atoms with Crippen LogP contribution in [0.3, 0.4) is 0 Å². The van der Waals surface area contributed by atoms with Gasteiger partial charge in [-0.05, 0) is 50.7 Å². The van der Waals surface area contributed by atoms with Crippen LogP contribution in [0.2, 0.25) is 0 Å². The average molecular weight is 291 g/mol. The van der Waals surface area contributed by atoms with Gasteiger partial charge in [-0.2, -0.15) is 0 Å². The first-order valence-electron chi connectivity index (χ1n) is 7.36. The topological polar surface area (TPSA) is 52.9 Å². The Morgan fingerprint density at radius 1 is 1.29 bits per heavy atom. The molecule has 0 saturated carbocycles. The van der Waals surface area contributed by atoms with Crippen molar-refractivity contribution in [2.24, 2.45) is 0 Å². The van der Waals surface area contributed by atoms with Crippen LogP contribution in [-0.2, 0) is 0 Å². The number of hydrogen-bond donors (Lipinski definition) is 2. The number of nitrogens with zero attached hydrogens (tertiary/aromatic N) is 1. The summed E-state index contributed by atoms with van der Waals surface area (Å²) in [6.07, 6.45) is 3.76. The fourth-order valence-corrected chi connectivity index (χ4v) is 3.01. The van der Waals surface area contributed by atoms with Crippen LogP contribution in [-0.4, -0.2) is 48.5 Å². The minimum Gasteiger partial charge on any atom is -0.513 e. The van der Waals surface area contributed by atoms with E-state index in [1.165, 1.54) is 0 Å². The van der Waals surface area contributed by atoms with Gasteiger partial charge in [-0.25, -0.2) is 0 Å². The molecular formula is C17H25NO3. The van der Waals surface area contributed by atoms with Gasteiger partial charge in [-0.1, -0.05) is 12.1 Å². The number of ether oxygens (including phenoxy) is 1. The molecule has 0 aromatic heterocycles. The zero-order chi connectivity index (χ0) is 15.5. The molecule has 4 heteroatoms. The third-order valence-electron chi connectivity index (χ3n) is 4.10. The van der Waals surface area contributed by atoms with Gasteiger partial charge in [0.1, 0.15) is 5.75 Å². The van der Waals surface area contributed by atoms with Crippen molar-refractivity contribution in [1.29, 1.82) is 0 Å². The summed E-state index contributed by atoms with van der Waals surface area (Å²) in [4.78, 5) is 2.06. The van der Waals surface area contributed by atoms with Crippen molar-refractivity contribution >= 4 is 0 Å². The van der Waals surface area contributed by atoms with E-state index in [-0.39, 0.29) is 5.92 Å². The quantitative estimate of drug-likeness (QED) is 0.876. The Morgan fingerprint density at radius 2 is 1.95 bits per heavy atom. The number of likely N-dealkylation sites (N-methyl/N-ethyl adjacent to an activating group) is 1. The maximum absolute atomic E-state index is 11.0. The van der Waals surface area contributed by atoms with Crippen LogP contribution >= 0.6 is 0 Å². The van der Waals surface area contributed by atoms with Gasteiger partial charge in [0.05, 0.1) is 18.5 Å². The minimum atomic E-state index is -0.999. The van der Waals surface area contributed by atoms with Gasteiger partial charge in [0.15, 0.2) is 0 Å². The summed E-state index contributed by atoms with van der Waals surface area (Å²) in [7, 11) is 5.63. The lowest BCUT2D eigenvalue weighted by molar-refractivity contribution is 0.0296. The molecule has 21 heavy (non-hydrogen) atoms. The summed E-state index contributed by atoms with van der Waals surface area (Å²) < 4.78 is 5.19. The van der Waals surface area contributed by atoms with Crippen molar-refractivity contribution in [2.45, 2.75) is 30.8 Å². The highest BCUT2D eigenvalue weighted by Gasteiger charge is 2.38. The van der Waals surface area contributed by atoms with Crippen molar-refractivity contribution in [1.82, 2.24) is 4.90 Å². The predicted molar refractivity (Wildman–Crippen MR) is 83.8 cm³/mol. The monoisotopic (exact) mass is 291 g/mol. The van der Waals surface area contributed by atoms with Crippen molar-refractivity contribution in [2.75, 3.05) is 27.7 Å². The van der Waals surface area contributed by atoms with Crippen LogP contribution in [0.5, 0.6) is 5.75 Å². The maximum atomic E-state index is 11.0. The zero-order valence-corrected chi connectivity index (χ0v) is 13.0. The molecule has 1 aromatic carbocycles. The molecule has 2 atom stereocenters. The van der Waals surface area contributed by atoms with E-state index in [9.17, 15) is 10.2 Å². The summed E-state index contributed by atoms with van der Waals surface area (Å²) >= 11 is 0. The maximum Gasteiger partial charge on any atom is 0.118 e. The fraction of sp³-hybridized carbons (Fsp3) is 0.529. The largest absolute Gasteiger partial charge is 0.513 e. The van der Waals surface area contributed by atoms with E-state index in [0.29, 0.717) is 25.1 Å². The summed E-state index contributed by atoms with van der Waals surface area (Å²) in [6.45, 7) is 0.715. The highest BCUT2D eigenvalue weighted by molar-refractivity contribution is 5.33. The van der Waals surface area contributed by atoms with Crippen molar-refractivity contribution in [3.05, 3.63) is 41.7 Å². The standard InChI is InChI=1S/C17H25NO3/c1-18(2)12-16(13-6-8-15(21-3)9-7-13)17(20)10-4-5-14(19)11-17/h6-9,11,16,19-20H,4-5,10,12H2,1-3H3. The highest BCUT2D eigenvalue weighted by Crippen LogP contribution is 2.38. The molecule has 1 aromatic rings. The zero-order valence-electron chi connectivity index (χ0n) is 13.0. The molecule has 2 rings (SSSR count). The second-order valence-corrected chi connectivity index (χ2v) is 6.07. The Hall–Kier alpha value is -1.52. The first-order chi connectivity index (χ1) is 9.94. The Kier molecular flexibility index (Phi) is 4.91. The summed E-state index contributed by atoms with van der Waals surface area (Å²) in [5.74, 6) is 1.01. The third-order valence-corrected chi connectivity index (χ3v) is 4.10. The number of methoxy groups -OCH3 is 1. The van der Waals surface area contributed by atoms with Gasteiger partial charge >= 0.3 is 0 Å². The van der Waals surface area contributed by atoms with E-state index >= 15 is 0 Å². The Morgan fingerprint density at radius 3 is 2.48 bits per heavy atom. The molecule has 0 aliphatic heterocycles. The molecule has 2 unspecified atom stereocenters. The Labute approximate surface area is 126 Å². The van der Waals surface area contributed by atoms with E-state index in [2.05, 4.69) is 4.90 Å². The summed E-state index contributed by atoms with van der Waals surface area (Å²) in [5, 5.41) is 20.9. The molecule has 0 amide bonds. The SMILES string of the molecule is COc1ccc(C(CN(C)C)C2(O)C=C(O)CCC2)cc1. The van der Waals surface area contributed by atoms with Crippen LogP contribution in [0, 0.1) is 0 Å². The molecule has 0 radical (unpaired) electrons. The first-order valence-corrected chi connectivity index (χ1v) is 7.36. The normalized spacial score (nSPS) is 23.8. The summed E-state index contributed by atoms with van der Waals surface area (Å²) in [6, 6.07) is 7.80. The van der Waals surface area contributed by atoms with Crippen molar-refractivity contribution < 1.29 is 14.9 Å². The molecule has 1 aliphatic carbocycles. The molecule has 0 bridgehead atoms. The van der Waals surface area contributed by atoms with E-state index in [0.717, 1.165) is 17.7 Å². The van der Waals surface area contributed by atoms with Gasteiger partial charge in [-0.3, -0.25) is 0 Å². The van der Waals surface area contributed by atoms with Gasteiger partial charge in [0.25, 0.3) is 0 Å². The number of aliphatic hydroxyl groups excluding tert-OH is 1. The lowest BCUT2D eigenvalue weighted by atomic mass is 9.75. The second-order valence-electron chi connectivity index (χ2n) is 6.07. The third kappa shape index (κ3) is 3.77. The number of aliphatic hydroxyl groups is 2. The number of benzene rings is 1. The molecule has 2 N–H and O–H groups in total. The van der Waals surface area contributed by atoms with Crippen LogP contribution in [0.4, 0.5) is 0 Å². The first kappa shape index (κ1) is 15.9. The highest BCUT2D eigenvalue weighted by atomic mass is 16.5. The van der Waals surface area contributed by atoms with E-state index in [1.807, 2.05) is 38.4 Å². The lowest BCUT2D eigenvalue weighted by Gasteiger charge is -2.38. The van der Waals surface area contributed by atoms with E-state index in [4.69, 9.17) is 4.74 Å². The van der Waals surface area contributed by atoms with Crippen LogP contribution in [0.15, 0.2) is 36.1 Å². The minimum absolute atomic E-state index is 0.0825.